The molecule has 0 bridgehead atoms. The van der Waals surface area contributed by atoms with Crippen molar-refractivity contribution >= 4 is 60.7 Å². The molecule has 9 heteroatoms. The lowest BCUT2D eigenvalue weighted by Crippen LogP contribution is -2.41. The predicted octanol–water partition coefficient (Wildman–Crippen LogP) is 3.17. The Morgan fingerprint density at radius 3 is 2.92 bits per heavy atom. The zero-order chi connectivity index (χ0) is 17.7. The maximum Gasteiger partial charge on any atom is 0.279 e. The van der Waals surface area contributed by atoms with E-state index in [0.29, 0.717) is 10.4 Å². The monoisotopic (exact) mass is 381 g/mol. The van der Waals surface area contributed by atoms with Gasteiger partial charge in [0.1, 0.15) is 4.83 Å². The first-order valence-electron chi connectivity index (χ1n) is 7.72. The third-order valence-corrected chi connectivity index (χ3v) is 5.86. The number of nitrogens with one attached hydrogen (secondary N) is 3. The van der Waals surface area contributed by atoms with Gasteiger partial charge in [0.25, 0.3) is 11.8 Å². The SMILES string of the molecule is O=C(NNC(=O)c1c[nH]c2ccccc12)c1cc2c(nc3sccn32)s1. The molecule has 0 aliphatic rings. The van der Waals surface area contributed by atoms with Crippen molar-refractivity contribution in [3.05, 3.63) is 58.5 Å². The van der Waals surface area contributed by atoms with E-state index in [1.165, 1.54) is 11.3 Å². The number of imidazole rings is 1. The van der Waals surface area contributed by atoms with Gasteiger partial charge in [0.05, 0.1) is 16.0 Å². The Kier molecular flexibility index (Phi) is 3.30. The number of hydrogen-bond acceptors (Lipinski definition) is 5. The maximum atomic E-state index is 12.4. The van der Waals surface area contributed by atoms with Crippen molar-refractivity contribution in [1.82, 2.24) is 25.2 Å². The molecule has 5 aromatic rings. The number of fused-ring (bicyclic) bond motifs is 4. The fourth-order valence-corrected chi connectivity index (χ4v) is 4.56. The Labute approximate surface area is 154 Å². The molecule has 0 spiro atoms. The number of thiazole rings is 1. The Morgan fingerprint density at radius 1 is 1.15 bits per heavy atom. The second kappa shape index (κ2) is 5.68. The Balaban J connectivity index is 1.35. The molecule has 7 nitrogen and oxygen atoms in total. The third-order valence-electron chi connectivity index (χ3n) is 4.09. The van der Waals surface area contributed by atoms with Gasteiger partial charge in [-0.15, -0.1) is 22.7 Å². The molecule has 0 unspecified atom stereocenters. The van der Waals surface area contributed by atoms with Crippen LogP contribution in [0, 0.1) is 0 Å². The van der Waals surface area contributed by atoms with Crippen LogP contribution < -0.4 is 10.9 Å². The smallest absolute Gasteiger partial charge is 0.279 e. The number of rotatable bonds is 2. The molecule has 4 heterocycles. The lowest BCUT2D eigenvalue weighted by molar-refractivity contribution is 0.0850. The van der Waals surface area contributed by atoms with Crippen LogP contribution in [0.15, 0.2) is 48.1 Å². The molecule has 1 aromatic carbocycles. The first kappa shape index (κ1) is 15.1. The van der Waals surface area contributed by atoms with Crippen LogP contribution in [-0.4, -0.2) is 26.2 Å². The Morgan fingerprint density at radius 2 is 2.00 bits per heavy atom. The number of aromatic nitrogens is 3. The van der Waals surface area contributed by atoms with E-state index in [0.717, 1.165) is 26.2 Å². The van der Waals surface area contributed by atoms with E-state index in [2.05, 4.69) is 20.8 Å². The van der Waals surface area contributed by atoms with Gasteiger partial charge in [-0.3, -0.25) is 24.8 Å². The van der Waals surface area contributed by atoms with Gasteiger partial charge in [-0.05, 0) is 12.1 Å². The van der Waals surface area contributed by atoms with Gasteiger partial charge in [-0.1, -0.05) is 18.2 Å². The quantitative estimate of drug-likeness (QED) is 0.410. The summed E-state index contributed by atoms with van der Waals surface area (Å²) in [6.07, 6.45) is 3.54. The van der Waals surface area contributed by atoms with E-state index in [9.17, 15) is 9.59 Å². The molecule has 5 rings (SSSR count). The minimum Gasteiger partial charge on any atom is -0.360 e. The van der Waals surface area contributed by atoms with E-state index in [4.69, 9.17) is 0 Å². The summed E-state index contributed by atoms with van der Waals surface area (Å²) in [5.41, 5.74) is 7.16. The number of carbonyl (C=O) groups excluding carboxylic acids is 2. The lowest BCUT2D eigenvalue weighted by Gasteiger charge is -2.05. The van der Waals surface area contributed by atoms with Gasteiger partial charge in [-0.25, -0.2) is 4.98 Å². The van der Waals surface area contributed by atoms with Gasteiger partial charge in [-0.2, -0.15) is 0 Å². The van der Waals surface area contributed by atoms with Crippen LogP contribution in [0.2, 0.25) is 0 Å². The molecule has 0 aliphatic carbocycles. The molecule has 3 N–H and O–H groups in total. The van der Waals surface area contributed by atoms with Crippen LogP contribution in [0.1, 0.15) is 20.0 Å². The molecule has 4 aromatic heterocycles. The number of benzene rings is 1. The van der Waals surface area contributed by atoms with Crippen molar-refractivity contribution in [1.29, 1.82) is 0 Å². The Hall–Kier alpha value is -3.17. The van der Waals surface area contributed by atoms with Crippen molar-refractivity contribution in [2.24, 2.45) is 0 Å². The van der Waals surface area contributed by atoms with Crippen LogP contribution in [0.3, 0.4) is 0 Å². The van der Waals surface area contributed by atoms with Gasteiger partial charge in [0.15, 0.2) is 4.96 Å². The average Bonchev–Trinajstić information content (AvgIpc) is 3.39. The summed E-state index contributed by atoms with van der Waals surface area (Å²) in [5.74, 6) is -0.746. The molecule has 0 radical (unpaired) electrons. The minimum atomic E-state index is -0.376. The molecule has 128 valence electrons. The van der Waals surface area contributed by atoms with Crippen molar-refractivity contribution in [2.45, 2.75) is 0 Å². The van der Waals surface area contributed by atoms with Crippen LogP contribution in [0.4, 0.5) is 0 Å². The van der Waals surface area contributed by atoms with E-state index >= 15 is 0 Å². The van der Waals surface area contributed by atoms with Gasteiger partial charge in [0, 0.05) is 28.7 Å². The van der Waals surface area contributed by atoms with E-state index in [1.807, 2.05) is 40.2 Å². The topological polar surface area (TPSA) is 91.3 Å². The first-order chi connectivity index (χ1) is 12.7. The van der Waals surface area contributed by atoms with Gasteiger partial charge >= 0.3 is 0 Å². The minimum absolute atomic E-state index is 0.370. The highest BCUT2D eigenvalue weighted by molar-refractivity contribution is 7.21. The predicted molar refractivity (Wildman–Crippen MR) is 102 cm³/mol. The number of nitrogens with zero attached hydrogens (tertiary/aromatic N) is 2. The first-order valence-corrected chi connectivity index (χ1v) is 9.42. The van der Waals surface area contributed by atoms with Crippen molar-refractivity contribution in [3.63, 3.8) is 0 Å². The van der Waals surface area contributed by atoms with E-state index in [1.54, 1.807) is 23.6 Å². The van der Waals surface area contributed by atoms with Crippen LogP contribution in [0.5, 0.6) is 0 Å². The Bertz CT molecular complexity index is 1290. The van der Waals surface area contributed by atoms with Crippen molar-refractivity contribution in [2.75, 3.05) is 0 Å². The van der Waals surface area contributed by atoms with Gasteiger partial charge < -0.3 is 4.98 Å². The summed E-state index contributed by atoms with van der Waals surface area (Å²) >= 11 is 2.84. The number of H-pyrrole nitrogens is 1. The highest BCUT2D eigenvalue weighted by atomic mass is 32.1. The zero-order valence-electron chi connectivity index (χ0n) is 13.1. The standard InChI is InChI=1S/C17H11N5O2S2/c23-14(10-8-18-11-4-2-1-3-9(10)11)20-21-15(24)13-7-12-16(26-13)19-17-22(12)5-6-25-17/h1-8,18H,(H,20,23)(H,21,24). The third kappa shape index (κ3) is 2.29. The van der Waals surface area contributed by atoms with Crippen molar-refractivity contribution < 1.29 is 9.59 Å². The molecule has 0 saturated carbocycles. The molecular weight excluding hydrogens is 370 g/mol. The van der Waals surface area contributed by atoms with Crippen LogP contribution in [-0.2, 0) is 0 Å². The fraction of sp³-hybridized carbons (Fsp3) is 0. The number of amides is 2. The number of thiophene rings is 1. The summed E-state index contributed by atoms with van der Waals surface area (Å²) in [4.78, 5) is 34.4. The zero-order valence-corrected chi connectivity index (χ0v) is 14.8. The van der Waals surface area contributed by atoms with Crippen LogP contribution >= 0.6 is 22.7 Å². The maximum absolute atomic E-state index is 12.4. The molecule has 0 saturated heterocycles. The van der Waals surface area contributed by atoms with E-state index < -0.39 is 0 Å². The summed E-state index contributed by atoms with van der Waals surface area (Å²) in [5, 5.41) is 2.75. The molecule has 0 aliphatic heterocycles. The van der Waals surface area contributed by atoms with Crippen LogP contribution in [0.25, 0.3) is 26.2 Å². The molecule has 0 atom stereocenters. The highest BCUT2D eigenvalue weighted by Crippen LogP contribution is 2.28. The molecule has 2 amide bonds. The molecule has 0 fully saturated rings. The largest absolute Gasteiger partial charge is 0.360 e. The second-order valence-electron chi connectivity index (χ2n) is 5.62. The molecule has 26 heavy (non-hydrogen) atoms. The van der Waals surface area contributed by atoms with Gasteiger partial charge in [0.2, 0.25) is 0 Å². The summed E-state index contributed by atoms with van der Waals surface area (Å²) in [6, 6.07) is 9.26. The summed E-state index contributed by atoms with van der Waals surface area (Å²) in [7, 11) is 0. The number of carbonyl (C=O) groups is 2. The highest BCUT2D eigenvalue weighted by Gasteiger charge is 2.17. The number of hydrazine groups is 1. The average molecular weight is 381 g/mol. The van der Waals surface area contributed by atoms with Crippen molar-refractivity contribution in [3.8, 4) is 0 Å². The number of para-hydroxylation sites is 1. The number of aromatic amines is 1. The normalized spacial score (nSPS) is 11.4. The second-order valence-corrected chi connectivity index (χ2v) is 7.53. The summed E-state index contributed by atoms with van der Waals surface area (Å²) < 4.78 is 1.94. The molecular formula is C17H11N5O2S2. The summed E-state index contributed by atoms with van der Waals surface area (Å²) in [6.45, 7) is 0. The fourth-order valence-electron chi connectivity index (χ4n) is 2.86. The number of hydrogen-bond donors (Lipinski definition) is 3. The lowest BCUT2D eigenvalue weighted by atomic mass is 10.2. The van der Waals surface area contributed by atoms with E-state index in [-0.39, 0.29) is 11.8 Å².